The molecular weight excluding hydrogens is 236 g/mol. The van der Waals surface area contributed by atoms with Gasteiger partial charge in [-0.2, -0.15) is 9.97 Å². The Balaban J connectivity index is 2.66. The molecule has 1 aromatic rings. The molecule has 0 saturated carbocycles. The van der Waals surface area contributed by atoms with Gasteiger partial charge in [0.25, 0.3) is 0 Å². The molecule has 0 unspecified atom stereocenters. The molecule has 0 spiro atoms. The van der Waals surface area contributed by atoms with Gasteiger partial charge < -0.3 is 9.47 Å². The molecule has 1 heterocycles. The number of amides is 1. The van der Waals surface area contributed by atoms with Crippen LogP contribution in [-0.2, 0) is 4.79 Å². The topological polar surface area (TPSA) is 85.4 Å². The molecule has 0 aliphatic heterocycles. The van der Waals surface area contributed by atoms with Crippen molar-refractivity contribution in [2.45, 2.75) is 0 Å². The number of terminal acetylenes is 1. The smallest absolute Gasteiger partial charge is 0.240 e. The number of aromatic nitrogens is 2. The zero-order valence-corrected chi connectivity index (χ0v) is 10.2. The molecule has 0 bridgehead atoms. The Hall–Kier alpha value is -2.33. The maximum Gasteiger partial charge on any atom is 0.240 e. The second-order valence-corrected chi connectivity index (χ2v) is 3.13. The van der Waals surface area contributed by atoms with Crippen molar-refractivity contribution in [1.82, 2.24) is 15.3 Å². The second kappa shape index (κ2) is 7.09. The summed E-state index contributed by atoms with van der Waals surface area (Å²) in [4.78, 5) is 19.4. The van der Waals surface area contributed by atoms with E-state index in [1.807, 2.05) is 0 Å². The largest absolute Gasteiger partial charge is 0.481 e. The SMILES string of the molecule is C#CCNCC(=O)Nc1nc(OC)cc(OC)n1. The van der Waals surface area contributed by atoms with E-state index in [1.165, 1.54) is 20.3 Å². The summed E-state index contributed by atoms with van der Waals surface area (Å²) in [5, 5.41) is 5.24. The molecule has 0 aliphatic carbocycles. The first-order chi connectivity index (χ1) is 8.69. The van der Waals surface area contributed by atoms with Gasteiger partial charge in [0.1, 0.15) is 0 Å². The molecule has 0 saturated heterocycles. The summed E-state index contributed by atoms with van der Waals surface area (Å²) in [6.07, 6.45) is 5.04. The van der Waals surface area contributed by atoms with Gasteiger partial charge in [-0.3, -0.25) is 15.4 Å². The molecule has 18 heavy (non-hydrogen) atoms. The van der Waals surface area contributed by atoms with Crippen LogP contribution >= 0.6 is 0 Å². The van der Waals surface area contributed by atoms with E-state index in [-0.39, 0.29) is 18.4 Å². The van der Waals surface area contributed by atoms with Crippen molar-refractivity contribution in [3.05, 3.63) is 6.07 Å². The van der Waals surface area contributed by atoms with Crippen LogP contribution < -0.4 is 20.1 Å². The highest BCUT2D eigenvalue weighted by atomic mass is 16.5. The summed E-state index contributed by atoms with van der Waals surface area (Å²) in [7, 11) is 2.92. The number of hydrogen-bond acceptors (Lipinski definition) is 6. The molecule has 2 N–H and O–H groups in total. The van der Waals surface area contributed by atoms with Gasteiger partial charge in [0, 0.05) is 0 Å². The lowest BCUT2D eigenvalue weighted by Gasteiger charge is -2.07. The highest BCUT2D eigenvalue weighted by molar-refractivity contribution is 5.90. The van der Waals surface area contributed by atoms with E-state index in [9.17, 15) is 4.79 Å². The number of nitrogens with one attached hydrogen (secondary N) is 2. The van der Waals surface area contributed by atoms with Crippen LogP contribution in [0.3, 0.4) is 0 Å². The minimum atomic E-state index is -0.305. The van der Waals surface area contributed by atoms with Crippen molar-refractivity contribution in [1.29, 1.82) is 0 Å². The van der Waals surface area contributed by atoms with E-state index in [2.05, 4.69) is 26.5 Å². The van der Waals surface area contributed by atoms with E-state index >= 15 is 0 Å². The quantitative estimate of drug-likeness (QED) is 0.530. The number of nitrogens with zero attached hydrogens (tertiary/aromatic N) is 2. The van der Waals surface area contributed by atoms with Crippen LogP contribution in [0.2, 0.25) is 0 Å². The summed E-state index contributed by atoms with van der Waals surface area (Å²) < 4.78 is 9.91. The Labute approximate surface area is 105 Å². The molecule has 1 amide bonds. The number of methoxy groups -OCH3 is 2. The summed E-state index contributed by atoms with van der Waals surface area (Å²) in [5.74, 6) is 2.77. The fraction of sp³-hybridized carbons (Fsp3) is 0.364. The molecule has 96 valence electrons. The van der Waals surface area contributed by atoms with Crippen molar-refractivity contribution >= 4 is 11.9 Å². The maximum atomic E-state index is 11.5. The maximum absolute atomic E-state index is 11.5. The molecule has 0 fully saturated rings. The molecule has 7 heteroatoms. The molecule has 7 nitrogen and oxygen atoms in total. The fourth-order valence-electron chi connectivity index (χ4n) is 1.09. The van der Waals surface area contributed by atoms with E-state index in [1.54, 1.807) is 0 Å². The lowest BCUT2D eigenvalue weighted by Crippen LogP contribution is -2.28. The minimum absolute atomic E-state index is 0.0765. The van der Waals surface area contributed by atoms with Gasteiger partial charge in [0.2, 0.25) is 23.6 Å². The monoisotopic (exact) mass is 250 g/mol. The lowest BCUT2D eigenvalue weighted by atomic mass is 10.5. The number of anilines is 1. The van der Waals surface area contributed by atoms with Gasteiger partial charge in [-0.1, -0.05) is 5.92 Å². The second-order valence-electron chi connectivity index (χ2n) is 3.13. The van der Waals surface area contributed by atoms with Crippen molar-refractivity contribution in [3.63, 3.8) is 0 Å². The highest BCUT2D eigenvalue weighted by Crippen LogP contribution is 2.16. The van der Waals surface area contributed by atoms with Gasteiger partial charge >= 0.3 is 0 Å². The van der Waals surface area contributed by atoms with Gasteiger partial charge in [-0.05, 0) is 0 Å². The Morgan fingerprint density at radius 2 is 2.00 bits per heavy atom. The van der Waals surface area contributed by atoms with Gasteiger partial charge in [-0.15, -0.1) is 6.42 Å². The van der Waals surface area contributed by atoms with Gasteiger partial charge in [-0.25, -0.2) is 0 Å². The average molecular weight is 250 g/mol. The Morgan fingerprint density at radius 3 is 2.50 bits per heavy atom. The molecule has 0 aliphatic rings. The van der Waals surface area contributed by atoms with Crippen molar-refractivity contribution < 1.29 is 14.3 Å². The number of hydrogen-bond donors (Lipinski definition) is 2. The third-order valence-electron chi connectivity index (χ3n) is 1.86. The predicted octanol–water partition coefficient (Wildman–Crippen LogP) is -0.345. The Kier molecular flexibility index (Phi) is 5.41. The van der Waals surface area contributed by atoms with Crippen LogP contribution in [0.25, 0.3) is 0 Å². The number of carbonyl (C=O) groups is 1. The lowest BCUT2D eigenvalue weighted by molar-refractivity contribution is -0.115. The zero-order valence-electron chi connectivity index (χ0n) is 10.2. The van der Waals surface area contributed by atoms with E-state index in [0.717, 1.165) is 0 Å². The van der Waals surface area contributed by atoms with Crippen LogP contribution in [-0.4, -0.2) is 43.2 Å². The first kappa shape index (κ1) is 13.7. The number of rotatable bonds is 6. The standard InChI is InChI=1S/C11H14N4O3/c1-4-5-12-7-8(16)13-11-14-9(17-2)6-10(15-11)18-3/h1,6,12H,5,7H2,2-3H3,(H,13,14,15,16). The summed E-state index contributed by atoms with van der Waals surface area (Å²) in [5.41, 5.74) is 0. The van der Waals surface area contributed by atoms with Crippen LogP contribution in [0.15, 0.2) is 6.07 Å². The highest BCUT2D eigenvalue weighted by Gasteiger charge is 2.08. The molecule has 0 radical (unpaired) electrons. The van der Waals surface area contributed by atoms with Crippen molar-refractivity contribution in [3.8, 4) is 24.1 Å². The predicted molar refractivity (Wildman–Crippen MR) is 65.5 cm³/mol. The third kappa shape index (κ3) is 4.27. The molecule has 1 aromatic heterocycles. The van der Waals surface area contributed by atoms with Crippen LogP contribution in [0.1, 0.15) is 0 Å². The first-order valence-electron chi connectivity index (χ1n) is 5.10. The first-order valence-corrected chi connectivity index (χ1v) is 5.10. The van der Waals surface area contributed by atoms with Gasteiger partial charge in [0.05, 0.1) is 33.4 Å². The molecule has 1 rings (SSSR count). The van der Waals surface area contributed by atoms with Crippen LogP contribution in [0.5, 0.6) is 11.8 Å². The molecule has 0 aromatic carbocycles. The Bertz CT molecular complexity index is 434. The fourth-order valence-corrected chi connectivity index (χ4v) is 1.09. The molecular formula is C11H14N4O3. The summed E-state index contributed by atoms with van der Waals surface area (Å²) >= 11 is 0. The normalized spacial score (nSPS) is 9.39. The number of carbonyl (C=O) groups excluding carboxylic acids is 1. The zero-order chi connectivity index (χ0) is 13.4. The number of ether oxygens (including phenoxy) is 2. The third-order valence-corrected chi connectivity index (χ3v) is 1.86. The molecule has 0 atom stereocenters. The minimum Gasteiger partial charge on any atom is -0.481 e. The van der Waals surface area contributed by atoms with Crippen LogP contribution in [0.4, 0.5) is 5.95 Å². The summed E-state index contributed by atoms with van der Waals surface area (Å²) in [6, 6.07) is 1.51. The van der Waals surface area contributed by atoms with E-state index in [0.29, 0.717) is 18.3 Å². The van der Waals surface area contributed by atoms with Gasteiger partial charge in [0.15, 0.2) is 0 Å². The average Bonchev–Trinajstić information content (AvgIpc) is 2.38. The van der Waals surface area contributed by atoms with E-state index < -0.39 is 0 Å². The van der Waals surface area contributed by atoms with Crippen LogP contribution in [0, 0.1) is 12.3 Å². The van der Waals surface area contributed by atoms with Crippen molar-refractivity contribution in [2.24, 2.45) is 0 Å². The van der Waals surface area contributed by atoms with Crippen molar-refractivity contribution in [2.75, 3.05) is 32.6 Å². The van der Waals surface area contributed by atoms with E-state index in [4.69, 9.17) is 15.9 Å². The Morgan fingerprint density at radius 1 is 1.39 bits per heavy atom. The summed E-state index contributed by atoms with van der Waals surface area (Å²) in [6.45, 7) is 0.392.